The van der Waals surface area contributed by atoms with Crippen LogP contribution >= 0.6 is 0 Å². The number of carboxylic acid groups (broad SMARTS) is 1. The summed E-state index contributed by atoms with van der Waals surface area (Å²) in [7, 11) is 0. The van der Waals surface area contributed by atoms with Crippen LogP contribution in [0.1, 0.15) is 51.9 Å². The topological polar surface area (TPSA) is 252 Å². The fraction of sp³-hybridized carbons (Fsp3) is 0.762. The van der Waals surface area contributed by atoms with Crippen molar-refractivity contribution in [3.8, 4) is 0 Å². The molecule has 1 fully saturated rings. The van der Waals surface area contributed by atoms with E-state index in [-0.39, 0.29) is 31.9 Å². The average Bonchev–Trinajstić information content (AvgIpc) is 3.28. The van der Waals surface area contributed by atoms with Gasteiger partial charge in [-0.05, 0) is 58.4 Å². The molecule has 0 aromatic carbocycles. The third-order valence-corrected chi connectivity index (χ3v) is 5.75. The van der Waals surface area contributed by atoms with Gasteiger partial charge in [-0.3, -0.25) is 19.4 Å². The highest BCUT2D eigenvalue weighted by Gasteiger charge is 2.38. The Labute approximate surface area is 204 Å². The monoisotopic (exact) mass is 500 g/mol. The lowest BCUT2D eigenvalue weighted by Crippen LogP contribution is -2.59. The third kappa shape index (κ3) is 10.0. The van der Waals surface area contributed by atoms with Gasteiger partial charge < -0.3 is 48.7 Å². The number of nitrogens with zero attached hydrogens (tertiary/aromatic N) is 2. The molecule has 0 aromatic rings. The summed E-state index contributed by atoms with van der Waals surface area (Å²) in [4.78, 5) is 55.2. The second kappa shape index (κ2) is 15.1. The average molecular weight is 501 g/mol. The molecule has 14 heteroatoms. The summed E-state index contributed by atoms with van der Waals surface area (Å²) in [5, 5.41) is 24.5. The van der Waals surface area contributed by atoms with Crippen molar-refractivity contribution in [2.24, 2.45) is 27.9 Å². The highest BCUT2D eigenvalue weighted by Crippen LogP contribution is 2.20. The zero-order chi connectivity index (χ0) is 26.5. The second-order valence-corrected chi connectivity index (χ2v) is 8.66. The summed E-state index contributed by atoms with van der Waals surface area (Å²) in [5.41, 5.74) is 21.9. The van der Waals surface area contributed by atoms with Gasteiger partial charge in [0.15, 0.2) is 5.96 Å². The predicted octanol–water partition coefficient (Wildman–Crippen LogP) is -3.08. The molecule has 1 aliphatic rings. The SMILES string of the molecule is CC(O)C(NC(=O)C(N)CCCN=C(N)N)C(=O)NC(CCCCN)C(=O)N1CCCC1C(=O)O. The number of rotatable bonds is 15. The molecule has 200 valence electrons. The number of aliphatic carboxylic acids is 1. The maximum Gasteiger partial charge on any atom is 0.326 e. The summed E-state index contributed by atoms with van der Waals surface area (Å²) < 4.78 is 0. The first-order valence-electron chi connectivity index (χ1n) is 11.8. The molecule has 0 radical (unpaired) electrons. The predicted molar refractivity (Wildman–Crippen MR) is 129 cm³/mol. The molecule has 35 heavy (non-hydrogen) atoms. The number of carbonyl (C=O) groups is 4. The van der Waals surface area contributed by atoms with Gasteiger partial charge in [-0.25, -0.2) is 4.79 Å². The number of guanidine groups is 1. The number of amides is 3. The van der Waals surface area contributed by atoms with Crippen molar-refractivity contribution in [1.29, 1.82) is 0 Å². The lowest BCUT2D eigenvalue weighted by molar-refractivity contribution is -0.149. The minimum atomic E-state index is -1.37. The Kier molecular flexibility index (Phi) is 13.0. The maximum atomic E-state index is 13.1. The summed E-state index contributed by atoms with van der Waals surface area (Å²) in [6, 6.07) is -4.33. The Morgan fingerprint density at radius 3 is 2.34 bits per heavy atom. The molecule has 3 amide bonds. The quantitative estimate of drug-likeness (QED) is 0.0639. The molecule has 5 unspecified atom stereocenters. The van der Waals surface area contributed by atoms with Crippen molar-refractivity contribution >= 4 is 29.7 Å². The molecule has 0 aromatic heterocycles. The van der Waals surface area contributed by atoms with Crippen LogP contribution in [-0.4, -0.2) is 94.7 Å². The summed E-state index contributed by atoms with van der Waals surface area (Å²) in [5.74, 6) is -3.14. The number of nitrogens with one attached hydrogen (secondary N) is 2. The first kappa shape index (κ1) is 30.1. The number of carbonyl (C=O) groups excluding carboxylic acids is 3. The summed E-state index contributed by atoms with van der Waals surface area (Å²) >= 11 is 0. The Hall–Kier alpha value is -2.97. The third-order valence-electron chi connectivity index (χ3n) is 5.75. The summed E-state index contributed by atoms with van der Waals surface area (Å²) in [6.45, 7) is 2.26. The molecule has 12 N–H and O–H groups in total. The van der Waals surface area contributed by atoms with Gasteiger partial charge in [0.1, 0.15) is 18.1 Å². The van der Waals surface area contributed by atoms with Crippen LogP contribution in [0, 0.1) is 0 Å². The number of aliphatic hydroxyl groups excluding tert-OH is 1. The number of aliphatic hydroxyl groups is 1. The highest BCUT2D eigenvalue weighted by atomic mass is 16.4. The summed E-state index contributed by atoms with van der Waals surface area (Å²) in [6.07, 6.45) is 1.61. The van der Waals surface area contributed by atoms with Crippen molar-refractivity contribution in [3.63, 3.8) is 0 Å². The molecule has 1 heterocycles. The van der Waals surface area contributed by atoms with Crippen LogP contribution in [0.5, 0.6) is 0 Å². The molecule has 1 aliphatic heterocycles. The second-order valence-electron chi connectivity index (χ2n) is 8.66. The molecule has 1 rings (SSSR count). The minimum Gasteiger partial charge on any atom is -0.480 e. The van der Waals surface area contributed by atoms with Gasteiger partial charge in [0.05, 0.1) is 12.1 Å². The number of hydrogen-bond donors (Lipinski definition) is 8. The van der Waals surface area contributed by atoms with Gasteiger partial charge in [-0.1, -0.05) is 0 Å². The van der Waals surface area contributed by atoms with Crippen molar-refractivity contribution in [2.45, 2.75) is 82.1 Å². The fourth-order valence-electron chi connectivity index (χ4n) is 3.82. The maximum absolute atomic E-state index is 13.1. The molecular weight excluding hydrogens is 460 g/mol. The van der Waals surface area contributed by atoms with E-state index >= 15 is 0 Å². The van der Waals surface area contributed by atoms with E-state index < -0.39 is 54.0 Å². The fourth-order valence-corrected chi connectivity index (χ4v) is 3.82. The Morgan fingerprint density at radius 1 is 1.09 bits per heavy atom. The van der Waals surface area contributed by atoms with E-state index in [1.165, 1.54) is 11.8 Å². The first-order chi connectivity index (χ1) is 16.5. The normalized spacial score (nSPS) is 18.7. The van der Waals surface area contributed by atoms with E-state index in [1.54, 1.807) is 0 Å². The molecule has 0 bridgehead atoms. The van der Waals surface area contributed by atoms with Gasteiger partial charge >= 0.3 is 5.97 Å². The van der Waals surface area contributed by atoms with Crippen LogP contribution in [-0.2, 0) is 19.2 Å². The molecule has 5 atom stereocenters. The number of unbranched alkanes of at least 4 members (excludes halogenated alkanes) is 1. The number of likely N-dealkylation sites (tertiary alicyclic amines) is 1. The minimum absolute atomic E-state index is 0.0759. The first-order valence-corrected chi connectivity index (χ1v) is 11.8. The molecule has 0 aliphatic carbocycles. The molecule has 0 saturated carbocycles. The Balaban J connectivity index is 2.86. The lowest BCUT2D eigenvalue weighted by Gasteiger charge is -2.29. The zero-order valence-corrected chi connectivity index (χ0v) is 20.2. The van der Waals surface area contributed by atoms with E-state index in [4.69, 9.17) is 22.9 Å². The van der Waals surface area contributed by atoms with E-state index in [9.17, 15) is 29.4 Å². The Bertz CT molecular complexity index is 758. The van der Waals surface area contributed by atoms with Gasteiger partial charge in [0.2, 0.25) is 17.7 Å². The lowest BCUT2D eigenvalue weighted by atomic mass is 10.0. The van der Waals surface area contributed by atoms with Gasteiger partial charge in [-0.15, -0.1) is 0 Å². The van der Waals surface area contributed by atoms with Crippen LogP contribution < -0.4 is 33.6 Å². The van der Waals surface area contributed by atoms with Gasteiger partial charge in [0, 0.05) is 13.1 Å². The van der Waals surface area contributed by atoms with Gasteiger partial charge in [-0.2, -0.15) is 0 Å². The van der Waals surface area contributed by atoms with Crippen molar-refractivity contribution in [1.82, 2.24) is 15.5 Å². The van der Waals surface area contributed by atoms with E-state index in [1.807, 2.05) is 0 Å². The number of nitrogens with two attached hydrogens (primary N) is 4. The molecular formula is C21H40N8O6. The van der Waals surface area contributed by atoms with Crippen LogP contribution in [0.15, 0.2) is 4.99 Å². The smallest absolute Gasteiger partial charge is 0.326 e. The standard InChI is InChI=1S/C21H40N8O6/c1-12(30)16(28-17(31)13(23)6-4-10-26-21(24)25)18(32)27-14(7-2-3-9-22)19(33)29-11-5-8-15(29)20(34)35/h12-16,30H,2-11,22-23H2,1H3,(H,27,32)(H,28,31)(H,34,35)(H4,24,25,26). The van der Waals surface area contributed by atoms with Crippen molar-refractivity contribution in [3.05, 3.63) is 0 Å². The van der Waals surface area contributed by atoms with E-state index in [2.05, 4.69) is 15.6 Å². The van der Waals surface area contributed by atoms with Gasteiger partial charge in [0.25, 0.3) is 0 Å². The number of carboxylic acids is 1. The van der Waals surface area contributed by atoms with E-state index in [0.29, 0.717) is 38.6 Å². The zero-order valence-electron chi connectivity index (χ0n) is 20.2. The van der Waals surface area contributed by atoms with E-state index in [0.717, 1.165) is 0 Å². The van der Waals surface area contributed by atoms with Crippen LogP contribution in [0.4, 0.5) is 0 Å². The molecule has 1 saturated heterocycles. The Morgan fingerprint density at radius 2 is 1.77 bits per heavy atom. The van der Waals surface area contributed by atoms with Crippen molar-refractivity contribution < 1.29 is 29.4 Å². The van der Waals surface area contributed by atoms with Crippen LogP contribution in [0.3, 0.4) is 0 Å². The van der Waals surface area contributed by atoms with Crippen molar-refractivity contribution in [2.75, 3.05) is 19.6 Å². The largest absolute Gasteiger partial charge is 0.480 e. The highest BCUT2D eigenvalue weighted by molar-refractivity contribution is 5.94. The number of hydrogen-bond acceptors (Lipinski definition) is 8. The number of aliphatic imine (C=N–C) groups is 1. The molecule has 14 nitrogen and oxygen atoms in total. The van der Waals surface area contributed by atoms with Crippen LogP contribution in [0.25, 0.3) is 0 Å². The molecule has 0 spiro atoms. The van der Waals surface area contributed by atoms with Crippen LogP contribution in [0.2, 0.25) is 0 Å².